The Kier molecular flexibility index (Phi) is 3.49. The molecule has 0 saturated heterocycles. The van der Waals surface area contributed by atoms with Gasteiger partial charge in [-0.15, -0.1) is 0 Å². The van der Waals surface area contributed by atoms with Crippen LogP contribution in [0.15, 0.2) is 28.8 Å². The van der Waals surface area contributed by atoms with Crippen LogP contribution in [0.1, 0.15) is 23.7 Å². The summed E-state index contributed by atoms with van der Waals surface area (Å²) in [4.78, 5) is 6.94. The van der Waals surface area contributed by atoms with Crippen LogP contribution in [0, 0.1) is 20.8 Å². The SMILES string of the molecule is CB1C=c2oc3nc(C)ccc3c2=C(C)N1c1cc(C)c(C)c[n+]1C. The van der Waals surface area contributed by atoms with Crippen LogP contribution in [-0.4, -0.2) is 11.8 Å². The highest BCUT2D eigenvalue weighted by Crippen LogP contribution is 2.22. The minimum absolute atomic E-state index is 0.211. The molecule has 3 aromatic heterocycles. The van der Waals surface area contributed by atoms with Crippen molar-refractivity contribution in [2.75, 3.05) is 4.81 Å². The van der Waals surface area contributed by atoms with Gasteiger partial charge in [-0.3, -0.25) is 4.81 Å². The van der Waals surface area contributed by atoms with Crippen molar-refractivity contribution in [3.8, 4) is 0 Å². The normalized spacial score (nSPS) is 14.1. The van der Waals surface area contributed by atoms with E-state index in [-0.39, 0.29) is 6.85 Å². The van der Waals surface area contributed by atoms with Crippen LogP contribution < -0.4 is 20.0 Å². The molecule has 0 aliphatic carbocycles. The number of nitrogens with zero attached hydrogens (tertiary/aromatic N) is 3. The summed E-state index contributed by atoms with van der Waals surface area (Å²) in [7, 11) is 2.11. The van der Waals surface area contributed by atoms with Gasteiger partial charge in [0.2, 0.25) is 5.71 Å². The topological polar surface area (TPSA) is 33.2 Å². The third kappa shape index (κ3) is 2.37. The van der Waals surface area contributed by atoms with Gasteiger partial charge in [-0.2, -0.15) is 0 Å². The van der Waals surface area contributed by atoms with Crippen molar-refractivity contribution >= 4 is 35.4 Å². The zero-order chi connectivity index (χ0) is 17.9. The maximum Gasteiger partial charge on any atom is 0.405 e. The van der Waals surface area contributed by atoms with Gasteiger partial charge in [-0.25, -0.2) is 9.55 Å². The number of fused-ring (bicyclic) bond motifs is 3. The summed E-state index contributed by atoms with van der Waals surface area (Å²) in [6, 6.07) is 6.43. The van der Waals surface area contributed by atoms with Crippen molar-refractivity contribution in [2.24, 2.45) is 7.05 Å². The Labute approximate surface area is 148 Å². The minimum atomic E-state index is 0.211. The third-order valence-corrected chi connectivity index (χ3v) is 5.21. The Balaban J connectivity index is 2.03. The molecular weight excluding hydrogens is 309 g/mol. The Bertz CT molecular complexity index is 1130. The fourth-order valence-electron chi connectivity index (χ4n) is 3.79. The van der Waals surface area contributed by atoms with E-state index < -0.39 is 0 Å². The first-order chi connectivity index (χ1) is 11.9. The number of hydrogen-bond acceptors (Lipinski definition) is 3. The molecule has 0 saturated carbocycles. The van der Waals surface area contributed by atoms with Gasteiger partial charge >= 0.3 is 6.85 Å². The molecule has 5 heteroatoms. The lowest BCUT2D eigenvalue weighted by Gasteiger charge is -2.24. The highest BCUT2D eigenvalue weighted by molar-refractivity contribution is 6.77. The third-order valence-electron chi connectivity index (χ3n) is 5.21. The van der Waals surface area contributed by atoms with E-state index >= 15 is 0 Å². The molecule has 4 rings (SSSR count). The molecule has 0 amide bonds. The summed E-state index contributed by atoms with van der Waals surface area (Å²) < 4.78 is 8.25. The van der Waals surface area contributed by atoms with Gasteiger partial charge in [0.15, 0.2) is 0 Å². The fraction of sp³-hybridized carbons (Fsp3) is 0.300. The molecule has 0 unspecified atom stereocenters. The van der Waals surface area contributed by atoms with Crippen molar-refractivity contribution in [2.45, 2.75) is 34.5 Å². The average Bonchev–Trinajstić information content (AvgIpc) is 2.89. The highest BCUT2D eigenvalue weighted by atomic mass is 16.3. The van der Waals surface area contributed by atoms with Crippen LogP contribution in [0.3, 0.4) is 0 Å². The first-order valence-electron chi connectivity index (χ1n) is 8.72. The van der Waals surface area contributed by atoms with Crippen LogP contribution in [0.25, 0.3) is 22.8 Å². The van der Waals surface area contributed by atoms with E-state index in [4.69, 9.17) is 4.42 Å². The van der Waals surface area contributed by atoms with E-state index in [9.17, 15) is 0 Å². The molecule has 0 radical (unpaired) electrons. The number of rotatable bonds is 1. The lowest BCUT2D eigenvalue weighted by Crippen LogP contribution is -2.50. The van der Waals surface area contributed by atoms with Gasteiger partial charge in [0.05, 0.1) is 29.5 Å². The summed E-state index contributed by atoms with van der Waals surface area (Å²) in [6.07, 6.45) is 2.19. The molecule has 0 fully saturated rings. The lowest BCUT2D eigenvalue weighted by molar-refractivity contribution is -0.658. The molecule has 1 aliphatic heterocycles. The van der Waals surface area contributed by atoms with E-state index in [1.807, 2.05) is 13.0 Å². The fourth-order valence-corrected chi connectivity index (χ4v) is 3.79. The predicted octanol–water partition coefficient (Wildman–Crippen LogP) is 2.17. The molecule has 0 spiro atoms. The van der Waals surface area contributed by atoms with Crippen LogP contribution in [-0.2, 0) is 7.05 Å². The van der Waals surface area contributed by atoms with Crippen LogP contribution in [0.4, 0.5) is 5.82 Å². The molecule has 1 aliphatic rings. The molecule has 3 aromatic rings. The van der Waals surface area contributed by atoms with Crippen molar-refractivity contribution in [1.29, 1.82) is 0 Å². The Hall–Kier alpha value is -2.56. The summed E-state index contributed by atoms with van der Waals surface area (Å²) in [6.45, 7) is 10.9. The van der Waals surface area contributed by atoms with Gasteiger partial charge in [-0.1, -0.05) is 0 Å². The van der Waals surface area contributed by atoms with Gasteiger partial charge in [0.1, 0.15) is 5.42 Å². The van der Waals surface area contributed by atoms with Crippen LogP contribution in [0.2, 0.25) is 6.82 Å². The number of anilines is 1. The van der Waals surface area contributed by atoms with E-state index in [0.717, 1.165) is 27.4 Å². The summed E-state index contributed by atoms with van der Waals surface area (Å²) in [5, 5.41) is 2.23. The van der Waals surface area contributed by atoms with Gasteiger partial charge in [-0.05, 0) is 63.8 Å². The maximum absolute atomic E-state index is 6.05. The largest absolute Gasteiger partial charge is 0.439 e. The van der Waals surface area contributed by atoms with Crippen LogP contribution in [0.5, 0.6) is 0 Å². The Morgan fingerprint density at radius 2 is 1.88 bits per heavy atom. The lowest BCUT2D eigenvalue weighted by atomic mass is 9.61. The summed E-state index contributed by atoms with van der Waals surface area (Å²) in [5.41, 5.74) is 6.43. The van der Waals surface area contributed by atoms with E-state index in [1.165, 1.54) is 22.6 Å². The highest BCUT2D eigenvalue weighted by Gasteiger charge is 2.34. The van der Waals surface area contributed by atoms with Gasteiger partial charge < -0.3 is 4.42 Å². The van der Waals surface area contributed by atoms with Crippen molar-refractivity contribution in [3.05, 3.63) is 51.9 Å². The van der Waals surface area contributed by atoms with Gasteiger partial charge in [0, 0.05) is 11.8 Å². The first-order valence-corrected chi connectivity index (χ1v) is 8.72. The average molecular weight is 332 g/mol. The molecule has 4 nitrogen and oxygen atoms in total. The zero-order valence-corrected chi connectivity index (χ0v) is 15.7. The minimum Gasteiger partial charge on any atom is -0.439 e. The number of aromatic nitrogens is 2. The second-order valence-corrected chi connectivity index (χ2v) is 7.12. The number of aryl methyl sites for hydroxylation is 4. The first kappa shape index (κ1) is 15.9. The summed E-state index contributed by atoms with van der Waals surface area (Å²) in [5.74, 6) is 3.37. The Morgan fingerprint density at radius 1 is 1.12 bits per heavy atom. The predicted molar refractivity (Wildman–Crippen MR) is 103 cm³/mol. The number of hydrogen-bond donors (Lipinski definition) is 0. The van der Waals surface area contributed by atoms with E-state index in [1.54, 1.807) is 0 Å². The monoisotopic (exact) mass is 332 g/mol. The van der Waals surface area contributed by atoms with Crippen molar-refractivity contribution in [1.82, 2.24) is 4.98 Å². The standard InChI is InChI=1S/C20H23BN3O/c1-12-9-18(23(6)11-13(12)2)24-15(4)19-16-8-7-14(3)22-20(16)25-17(19)10-21(24)5/h7-11H,1-6H3/q+1. The molecule has 126 valence electrons. The Morgan fingerprint density at radius 3 is 2.64 bits per heavy atom. The zero-order valence-electron chi connectivity index (χ0n) is 15.7. The number of pyridine rings is 2. The smallest absolute Gasteiger partial charge is 0.405 e. The molecule has 0 N–H and O–H groups in total. The molecular formula is C20H23BN3O+. The molecule has 0 bridgehead atoms. The molecule has 25 heavy (non-hydrogen) atoms. The summed E-state index contributed by atoms with van der Waals surface area (Å²) >= 11 is 0. The second-order valence-electron chi connectivity index (χ2n) is 7.12. The van der Waals surface area contributed by atoms with Crippen molar-refractivity contribution in [3.63, 3.8) is 0 Å². The quantitative estimate of drug-likeness (QED) is 0.506. The van der Waals surface area contributed by atoms with Crippen molar-refractivity contribution < 1.29 is 8.98 Å². The second kappa shape index (κ2) is 5.48. The molecule has 4 heterocycles. The molecule has 0 aromatic carbocycles. The van der Waals surface area contributed by atoms with E-state index in [0.29, 0.717) is 0 Å². The van der Waals surface area contributed by atoms with Crippen LogP contribution >= 0.6 is 0 Å². The molecule has 0 atom stereocenters. The maximum atomic E-state index is 6.05. The number of furan rings is 1. The van der Waals surface area contributed by atoms with E-state index in [2.05, 4.69) is 73.3 Å². The van der Waals surface area contributed by atoms with Gasteiger partial charge in [0.25, 0.3) is 5.82 Å².